The number of thioether (sulfide) groups is 1. The van der Waals surface area contributed by atoms with Gasteiger partial charge in [0.25, 0.3) is 0 Å². The minimum atomic E-state index is -1.17. The molecule has 1 aromatic carbocycles. The number of carbonyl (C=O) groups is 1. The molecular formula is C25H29FN2O3S2. The number of rotatable bonds is 10. The number of fused-ring (bicyclic) bond motifs is 1. The summed E-state index contributed by atoms with van der Waals surface area (Å²) in [6, 6.07) is 11.3. The van der Waals surface area contributed by atoms with Crippen molar-refractivity contribution in [3.63, 3.8) is 0 Å². The van der Waals surface area contributed by atoms with Gasteiger partial charge in [-0.2, -0.15) is 0 Å². The second-order valence-corrected chi connectivity index (χ2v) is 10.7. The van der Waals surface area contributed by atoms with Crippen molar-refractivity contribution in [1.29, 1.82) is 0 Å². The Morgan fingerprint density at radius 2 is 2.27 bits per heavy atom. The summed E-state index contributed by atoms with van der Waals surface area (Å²) in [5.41, 5.74) is 1.32. The van der Waals surface area contributed by atoms with E-state index in [1.165, 1.54) is 4.21 Å². The van der Waals surface area contributed by atoms with Crippen LogP contribution >= 0.6 is 23.1 Å². The number of halogens is 1. The van der Waals surface area contributed by atoms with Crippen molar-refractivity contribution in [1.82, 2.24) is 9.88 Å². The SMILES string of the molecule is COc1ccc2nccc(C(F)CC[C@@H]3CCN(CCSc4cccs4)C[C@@H]3C(=O)O)c2c1. The van der Waals surface area contributed by atoms with Gasteiger partial charge in [0.05, 0.1) is 22.8 Å². The zero-order valence-electron chi connectivity index (χ0n) is 18.7. The molecule has 3 aromatic rings. The Labute approximate surface area is 202 Å². The lowest BCUT2D eigenvalue weighted by Gasteiger charge is -2.36. The molecule has 0 spiro atoms. The number of ether oxygens (including phenoxy) is 1. The third-order valence-electron chi connectivity index (χ3n) is 6.41. The lowest BCUT2D eigenvalue weighted by atomic mass is 9.81. The molecular weight excluding hydrogens is 459 g/mol. The number of benzene rings is 1. The Bertz CT molecular complexity index is 1060. The van der Waals surface area contributed by atoms with E-state index in [2.05, 4.69) is 21.3 Å². The van der Waals surface area contributed by atoms with Gasteiger partial charge < -0.3 is 14.7 Å². The van der Waals surface area contributed by atoms with Crippen molar-refractivity contribution in [2.45, 2.75) is 29.6 Å². The Morgan fingerprint density at radius 1 is 1.39 bits per heavy atom. The fourth-order valence-corrected chi connectivity index (χ4v) is 6.44. The monoisotopic (exact) mass is 488 g/mol. The minimum Gasteiger partial charge on any atom is -0.497 e. The molecule has 1 N–H and O–H groups in total. The zero-order valence-corrected chi connectivity index (χ0v) is 20.3. The molecule has 1 aliphatic rings. The summed E-state index contributed by atoms with van der Waals surface area (Å²) in [4.78, 5) is 18.6. The molecule has 3 atom stereocenters. The summed E-state index contributed by atoms with van der Waals surface area (Å²) in [6.45, 7) is 2.28. The molecule has 33 heavy (non-hydrogen) atoms. The molecule has 0 radical (unpaired) electrons. The van der Waals surface area contributed by atoms with Gasteiger partial charge in [0.2, 0.25) is 0 Å². The number of thiophene rings is 1. The van der Waals surface area contributed by atoms with E-state index in [0.717, 1.165) is 36.2 Å². The first kappa shape index (κ1) is 24.0. The molecule has 1 aliphatic heterocycles. The number of pyridine rings is 1. The molecule has 5 nitrogen and oxygen atoms in total. The van der Waals surface area contributed by atoms with Crippen molar-refractivity contribution in [3.8, 4) is 5.75 Å². The maximum absolute atomic E-state index is 15.3. The van der Waals surface area contributed by atoms with Crippen molar-refractivity contribution in [2.75, 3.05) is 32.5 Å². The molecule has 1 unspecified atom stereocenters. The fraction of sp³-hybridized carbons (Fsp3) is 0.440. The molecule has 1 saturated heterocycles. The first-order valence-electron chi connectivity index (χ1n) is 11.2. The molecule has 8 heteroatoms. The van der Waals surface area contributed by atoms with Crippen LogP contribution in [0.15, 0.2) is 52.2 Å². The molecule has 4 rings (SSSR count). The fourth-order valence-electron chi connectivity index (χ4n) is 4.58. The first-order valence-corrected chi connectivity index (χ1v) is 13.1. The number of nitrogens with zero attached hydrogens (tertiary/aromatic N) is 2. The number of likely N-dealkylation sites (tertiary alicyclic amines) is 1. The van der Waals surface area contributed by atoms with Crippen LogP contribution in [0.1, 0.15) is 31.0 Å². The lowest BCUT2D eigenvalue weighted by Crippen LogP contribution is -2.44. The van der Waals surface area contributed by atoms with Gasteiger partial charge in [0.15, 0.2) is 0 Å². The molecule has 1 fully saturated rings. The Kier molecular flexibility index (Phi) is 8.22. The van der Waals surface area contributed by atoms with Crippen LogP contribution in [0.25, 0.3) is 10.9 Å². The van der Waals surface area contributed by atoms with E-state index in [1.54, 1.807) is 30.7 Å². The number of alkyl halides is 1. The second-order valence-electron chi connectivity index (χ2n) is 8.40. The number of hydrogen-bond acceptors (Lipinski definition) is 6. The van der Waals surface area contributed by atoms with Gasteiger partial charge in [-0.1, -0.05) is 6.07 Å². The summed E-state index contributed by atoms with van der Waals surface area (Å²) >= 11 is 3.54. The van der Waals surface area contributed by atoms with E-state index in [0.29, 0.717) is 30.7 Å². The maximum Gasteiger partial charge on any atom is 0.308 e. The quantitative estimate of drug-likeness (QED) is 0.358. The van der Waals surface area contributed by atoms with Crippen LogP contribution in [0.3, 0.4) is 0 Å². The van der Waals surface area contributed by atoms with Gasteiger partial charge in [0, 0.05) is 30.4 Å². The minimum absolute atomic E-state index is 0.00964. The van der Waals surface area contributed by atoms with Crippen LogP contribution in [0, 0.1) is 11.8 Å². The zero-order chi connectivity index (χ0) is 23.2. The average molecular weight is 489 g/mol. The number of hydrogen-bond donors (Lipinski definition) is 1. The van der Waals surface area contributed by atoms with Crippen molar-refractivity contribution in [3.05, 3.63) is 53.5 Å². The smallest absolute Gasteiger partial charge is 0.308 e. The third-order valence-corrected chi connectivity index (χ3v) is 8.53. The number of piperidine rings is 1. The normalized spacial score (nSPS) is 20.1. The molecule has 0 aliphatic carbocycles. The van der Waals surface area contributed by atoms with Crippen LogP contribution in [-0.2, 0) is 4.79 Å². The van der Waals surface area contributed by atoms with Gasteiger partial charge in [-0.25, -0.2) is 4.39 Å². The standard InChI is InChI=1S/C25H29FN2O3S2/c1-31-18-5-7-23-20(15-18)19(8-10-27-23)22(26)6-4-17-9-11-28(16-21(17)25(29)30)12-14-33-24-3-2-13-32-24/h2-3,5,7-8,10,13,15,17,21-22H,4,6,9,11-12,14,16H2,1H3,(H,29,30)/t17-,21+,22?/m1/s1. The molecule has 0 saturated carbocycles. The van der Waals surface area contributed by atoms with Crippen molar-refractivity contribution >= 4 is 40.0 Å². The highest BCUT2D eigenvalue weighted by Gasteiger charge is 2.34. The van der Waals surface area contributed by atoms with E-state index in [4.69, 9.17) is 4.74 Å². The molecule has 3 heterocycles. The first-order chi connectivity index (χ1) is 16.0. The highest BCUT2D eigenvalue weighted by molar-refractivity contribution is 8.01. The van der Waals surface area contributed by atoms with E-state index >= 15 is 4.39 Å². The average Bonchev–Trinajstić information content (AvgIpc) is 3.35. The van der Waals surface area contributed by atoms with E-state index in [-0.39, 0.29) is 5.92 Å². The number of carboxylic acids is 1. The van der Waals surface area contributed by atoms with Gasteiger partial charge in [0.1, 0.15) is 11.9 Å². The summed E-state index contributed by atoms with van der Waals surface area (Å²) in [5.74, 6) is 0.379. The van der Waals surface area contributed by atoms with E-state index in [9.17, 15) is 9.90 Å². The predicted octanol–water partition coefficient (Wildman–Crippen LogP) is 5.91. The molecule has 176 valence electrons. The lowest BCUT2D eigenvalue weighted by molar-refractivity contribution is -0.146. The Hall–Kier alpha value is -2.16. The Morgan fingerprint density at radius 3 is 3.03 bits per heavy atom. The van der Waals surface area contributed by atoms with Crippen LogP contribution in [-0.4, -0.2) is 53.5 Å². The summed E-state index contributed by atoms with van der Waals surface area (Å²) in [5, 5.41) is 12.7. The van der Waals surface area contributed by atoms with Crippen molar-refractivity contribution in [2.24, 2.45) is 11.8 Å². The van der Waals surface area contributed by atoms with Crippen LogP contribution < -0.4 is 4.74 Å². The van der Waals surface area contributed by atoms with Crippen LogP contribution in [0.2, 0.25) is 0 Å². The van der Waals surface area contributed by atoms with E-state index in [1.807, 2.05) is 36.0 Å². The summed E-state index contributed by atoms with van der Waals surface area (Å²) < 4.78 is 21.9. The number of methoxy groups -OCH3 is 1. The topological polar surface area (TPSA) is 62.7 Å². The number of aliphatic carboxylic acids is 1. The summed E-state index contributed by atoms with van der Waals surface area (Å²) in [6.07, 6.45) is 2.11. The maximum atomic E-state index is 15.3. The van der Waals surface area contributed by atoms with Crippen LogP contribution in [0.5, 0.6) is 5.75 Å². The molecule has 2 aromatic heterocycles. The van der Waals surface area contributed by atoms with Crippen molar-refractivity contribution < 1.29 is 19.0 Å². The number of carboxylic acid groups (broad SMARTS) is 1. The van der Waals surface area contributed by atoms with Gasteiger partial charge in [-0.3, -0.25) is 9.78 Å². The van der Waals surface area contributed by atoms with Gasteiger partial charge in [-0.15, -0.1) is 23.1 Å². The highest BCUT2D eigenvalue weighted by atomic mass is 32.2. The van der Waals surface area contributed by atoms with Crippen LogP contribution in [0.4, 0.5) is 4.39 Å². The predicted molar refractivity (Wildman–Crippen MR) is 132 cm³/mol. The largest absolute Gasteiger partial charge is 0.497 e. The number of aromatic nitrogens is 1. The molecule has 0 amide bonds. The molecule has 0 bridgehead atoms. The van der Waals surface area contributed by atoms with Gasteiger partial charge >= 0.3 is 5.97 Å². The van der Waals surface area contributed by atoms with Gasteiger partial charge in [-0.05, 0) is 73.0 Å². The highest BCUT2D eigenvalue weighted by Crippen LogP contribution is 2.35. The summed E-state index contributed by atoms with van der Waals surface area (Å²) in [7, 11) is 1.59. The second kappa shape index (κ2) is 11.3. The Balaban J connectivity index is 1.34. The van der Waals surface area contributed by atoms with E-state index < -0.39 is 18.1 Å². The third kappa shape index (κ3) is 6.05.